The molecule has 2 rings (SSSR count). The van der Waals surface area contributed by atoms with Gasteiger partial charge in [0.15, 0.2) is 0 Å². The molecule has 1 aromatic carbocycles. The van der Waals surface area contributed by atoms with Crippen molar-refractivity contribution in [3.63, 3.8) is 0 Å². The number of hydrogen-bond acceptors (Lipinski definition) is 3. The van der Waals surface area contributed by atoms with E-state index in [1.54, 1.807) is 0 Å². The number of hydrogen-bond donors (Lipinski definition) is 1. The molecule has 5 heteroatoms. The maximum absolute atomic E-state index is 13.1. The van der Waals surface area contributed by atoms with Gasteiger partial charge in [0.1, 0.15) is 11.6 Å². The van der Waals surface area contributed by atoms with Crippen molar-refractivity contribution >= 4 is 5.88 Å². The molecule has 3 nitrogen and oxygen atoms in total. The number of nitrogens with zero attached hydrogens (tertiary/aromatic N) is 1. The summed E-state index contributed by atoms with van der Waals surface area (Å²) in [6.45, 7) is 1.86. The molecule has 0 unspecified atom stereocenters. The quantitative estimate of drug-likeness (QED) is 0.853. The zero-order valence-corrected chi connectivity index (χ0v) is 8.63. The number of aryl methyl sites for hydroxylation is 1. The van der Waals surface area contributed by atoms with Gasteiger partial charge in [-0.25, -0.2) is 8.78 Å². The van der Waals surface area contributed by atoms with Crippen molar-refractivity contribution in [1.82, 2.24) is 5.16 Å². The number of nitrogens with two attached hydrogens (primary N) is 1. The molecule has 16 heavy (non-hydrogen) atoms. The summed E-state index contributed by atoms with van der Waals surface area (Å²) in [6.07, 6.45) is 0.578. The molecule has 0 radical (unpaired) electrons. The first-order chi connectivity index (χ1) is 7.61. The lowest BCUT2D eigenvalue weighted by Gasteiger charge is -2.01. The molecule has 0 amide bonds. The molecular formula is C11H10F2N2O. The van der Waals surface area contributed by atoms with Crippen molar-refractivity contribution in [2.45, 2.75) is 13.3 Å². The molecule has 0 atom stereocenters. The Morgan fingerprint density at radius 3 is 2.44 bits per heavy atom. The van der Waals surface area contributed by atoms with Gasteiger partial charge in [0.05, 0.1) is 11.3 Å². The summed E-state index contributed by atoms with van der Waals surface area (Å²) in [5, 5.41) is 3.73. The fraction of sp³-hybridized carbons (Fsp3) is 0.182. The molecule has 0 saturated heterocycles. The van der Waals surface area contributed by atoms with Gasteiger partial charge >= 0.3 is 0 Å². The molecule has 1 heterocycles. The molecule has 0 aliphatic rings. The largest absolute Gasteiger partial charge is 0.367 e. The smallest absolute Gasteiger partial charge is 0.230 e. The minimum absolute atomic E-state index is 0.0712. The SMILES string of the molecule is CCc1noc(N)c1-c1cc(F)cc(F)c1. The van der Waals surface area contributed by atoms with Crippen LogP contribution < -0.4 is 5.73 Å². The van der Waals surface area contributed by atoms with Crippen molar-refractivity contribution in [1.29, 1.82) is 0 Å². The third-order valence-corrected chi connectivity index (χ3v) is 2.28. The average Bonchev–Trinajstić information content (AvgIpc) is 2.58. The highest BCUT2D eigenvalue weighted by atomic mass is 19.1. The van der Waals surface area contributed by atoms with Crippen molar-refractivity contribution in [3.8, 4) is 11.1 Å². The first-order valence-electron chi connectivity index (χ1n) is 4.82. The van der Waals surface area contributed by atoms with E-state index in [-0.39, 0.29) is 5.88 Å². The van der Waals surface area contributed by atoms with Crippen molar-refractivity contribution in [3.05, 3.63) is 35.5 Å². The lowest BCUT2D eigenvalue weighted by Crippen LogP contribution is -1.91. The van der Waals surface area contributed by atoms with Crippen LogP contribution in [0.15, 0.2) is 22.7 Å². The van der Waals surface area contributed by atoms with Crippen molar-refractivity contribution in [2.75, 3.05) is 5.73 Å². The zero-order valence-electron chi connectivity index (χ0n) is 8.63. The fourth-order valence-corrected chi connectivity index (χ4v) is 1.59. The minimum Gasteiger partial charge on any atom is -0.367 e. The van der Waals surface area contributed by atoms with Crippen LogP contribution in [-0.4, -0.2) is 5.16 Å². The van der Waals surface area contributed by atoms with Crippen LogP contribution in [0, 0.1) is 11.6 Å². The molecule has 0 aliphatic carbocycles. The molecule has 1 aromatic heterocycles. The second-order valence-corrected chi connectivity index (χ2v) is 3.38. The minimum atomic E-state index is -0.655. The van der Waals surface area contributed by atoms with E-state index in [4.69, 9.17) is 10.3 Å². The highest BCUT2D eigenvalue weighted by molar-refractivity contribution is 5.75. The summed E-state index contributed by atoms with van der Waals surface area (Å²) in [5.74, 6) is -1.24. The van der Waals surface area contributed by atoms with E-state index >= 15 is 0 Å². The van der Waals surface area contributed by atoms with E-state index in [2.05, 4.69) is 5.16 Å². The van der Waals surface area contributed by atoms with Gasteiger partial charge in [0, 0.05) is 6.07 Å². The van der Waals surface area contributed by atoms with Crippen molar-refractivity contribution in [2.24, 2.45) is 0 Å². The van der Waals surface area contributed by atoms with E-state index in [0.29, 0.717) is 23.2 Å². The van der Waals surface area contributed by atoms with E-state index in [1.165, 1.54) is 12.1 Å². The number of anilines is 1. The zero-order chi connectivity index (χ0) is 11.7. The molecule has 0 fully saturated rings. The molecular weight excluding hydrogens is 214 g/mol. The average molecular weight is 224 g/mol. The Morgan fingerprint density at radius 1 is 1.25 bits per heavy atom. The summed E-state index contributed by atoms with van der Waals surface area (Å²) >= 11 is 0. The topological polar surface area (TPSA) is 52.0 Å². The molecule has 0 bridgehead atoms. The monoisotopic (exact) mass is 224 g/mol. The Kier molecular flexibility index (Phi) is 2.60. The Balaban J connectivity index is 2.61. The summed E-state index contributed by atoms with van der Waals surface area (Å²) in [5.41, 5.74) is 6.96. The van der Waals surface area contributed by atoms with E-state index in [0.717, 1.165) is 6.07 Å². The van der Waals surface area contributed by atoms with Gasteiger partial charge in [-0.15, -0.1) is 0 Å². The first-order valence-corrected chi connectivity index (χ1v) is 4.82. The van der Waals surface area contributed by atoms with Crippen LogP contribution in [0.3, 0.4) is 0 Å². The van der Waals surface area contributed by atoms with Crippen LogP contribution >= 0.6 is 0 Å². The first kappa shape index (κ1) is 10.6. The summed E-state index contributed by atoms with van der Waals surface area (Å²) in [6, 6.07) is 3.20. The van der Waals surface area contributed by atoms with Crippen LogP contribution in [0.25, 0.3) is 11.1 Å². The standard InChI is InChI=1S/C11H10F2N2O/c1-2-9-10(11(14)16-15-9)6-3-7(12)5-8(13)4-6/h3-5H,2,14H2,1H3. The number of benzene rings is 1. The normalized spacial score (nSPS) is 10.7. The van der Waals surface area contributed by atoms with Crippen molar-refractivity contribution < 1.29 is 13.3 Å². The Bertz CT molecular complexity index is 502. The Labute approximate surface area is 90.9 Å². The maximum atomic E-state index is 13.1. The Morgan fingerprint density at radius 2 is 1.88 bits per heavy atom. The molecule has 2 N–H and O–H groups in total. The number of nitrogen functional groups attached to an aromatic ring is 1. The van der Waals surface area contributed by atoms with Crippen LogP contribution in [0.2, 0.25) is 0 Å². The predicted octanol–water partition coefficient (Wildman–Crippen LogP) is 2.76. The van der Waals surface area contributed by atoms with Gasteiger partial charge in [-0.1, -0.05) is 12.1 Å². The van der Waals surface area contributed by atoms with E-state index in [9.17, 15) is 8.78 Å². The second-order valence-electron chi connectivity index (χ2n) is 3.38. The number of aromatic nitrogens is 1. The molecule has 0 aliphatic heterocycles. The van der Waals surface area contributed by atoms with E-state index in [1.807, 2.05) is 6.92 Å². The third kappa shape index (κ3) is 1.76. The maximum Gasteiger partial charge on any atom is 0.230 e. The summed E-state index contributed by atoms with van der Waals surface area (Å²) in [7, 11) is 0. The fourth-order valence-electron chi connectivity index (χ4n) is 1.59. The summed E-state index contributed by atoms with van der Waals surface area (Å²) < 4.78 is 30.9. The van der Waals surface area contributed by atoms with Gasteiger partial charge < -0.3 is 10.3 Å². The van der Waals surface area contributed by atoms with Gasteiger partial charge in [-0.3, -0.25) is 0 Å². The molecule has 0 saturated carbocycles. The predicted molar refractivity (Wildman–Crippen MR) is 55.6 cm³/mol. The molecule has 2 aromatic rings. The molecule has 0 spiro atoms. The van der Waals surface area contributed by atoms with Gasteiger partial charge in [-0.2, -0.15) is 0 Å². The second kappa shape index (κ2) is 3.92. The third-order valence-electron chi connectivity index (χ3n) is 2.28. The lowest BCUT2D eigenvalue weighted by molar-refractivity contribution is 0.428. The Hall–Kier alpha value is -1.91. The van der Waals surface area contributed by atoms with Gasteiger partial charge in [-0.05, 0) is 24.1 Å². The number of rotatable bonds is 2. The van der Waals surface area contributed by atoms with Gasteiger partial charge in [0.25, 0.3) is 0 Å². The molecule has 84 valence electrons. The van der Waals surface area contributed by atoms with Crippen LogP contribution in [0.5, 0.6) is 0 Å². The number of halogens is 2. The van der Waals surface area contributed by atoms with Crippen LogP contribution in [0.4, 0.5) is 14.7 Å². The van der Waals surface area contributed by atoms with E-state index < -0.39 is 11.6 Å². The highest BCUT2D eigenvalue weighted by Gasteiger charge is 2.15. The van der Waals surface area contributed by atoms with Crippen LogP contribution in [0.1, 0.15) is 12.6 Å². The summed E-state index contributed by atoms with van der Waals surface area (Å²) in [4.78, 5) is 0. The lowest BCUT2D eigenvalue weighted by atomic mass is 10.0. The van der Waals surface area contributed by atoms with Crippen LogP contribution in [-0.2, 0) is 6.42 Å². The van der Waals surface area contributed by atoms with Gasteiger partial charge in [0.2, 0.25) is 5.88 Å². The highest BCUT2D eigenvalue weighted by Crippen LogP contribution is 2.30.